The van der Waals surface area contributed by atoms with Crippen LogP contribution in [0, 0.1) is 11.8 Å². The number of nitrogens with zero attached hydrogens (tertiary/aromatic N) is 1. The Morgan fingerprint density at radius 3 is 2.86 bits per heavy atom. The highest BCUT2D eigenvalue weighted by molar-refractivity contribution is 7.89. The zero-order chi connectivity index (χ0) is 15.5. The van der Waals surface area contributed by atoms with Gasteiger partial charge in [-0.1, -0.05) is 19.1 Å². The summed E-state index contributed by atoms with van der Waals surface area (Å²) >= 11 is 0. The monoisotopic (exact) mass is 318 g/mol. The van der Waals surface area contributed by atoms with E-state index in [1.807, 2.05) is 6.92 Å². The average molecular weight is 318 g/mol. The number of sulfonamides is 1. The summed E-state index contributed by atoms with van der Waals surface area (Å²) in [6.45, 7) is 3.21. The molecule has 22 heavy (non-hydrogen) atoms. The first-order chi connectivity index (χ1) is 10.5. The number of hydrogen-bond donors (Lipinski definition) is 1. The van der Waals surface area contributed by atoms with Gasteiger partial charge in [0, 0.05) is 31.1 Å². The van der Waals surface area contributed by atoms with Crippen LogP contribution < -0.4 is 5.32 Å². The highest BCUT2D eigenvalue weighted by Crippen LogP contribution is 2.42. The summed E-state index contributed by atoms with van der Waals surface area (Å²) in [4.78, 5) is 12.8. The van der Waals surface area contributed by atoms with Gasteiger partial charge in [-0.3, -0.25) is 4.79 Å². The van der Waals surface area contributed by atoms with Crippen molar-refractivity contribution in [2.24, 2.45) is 11.8 Å². The van der Waals surface area contributed by atoms with Crippen LogP contribution in [0.2, 0.25) is 0 Å². The normalized spacial score (nSPS) is 32.6. The number of Topliss-reactive ketones (excluding diaryl/α,β-unsaturated/α-hetero) is 1. The zero-order valence-corrected chi connectivity index (χ0v) is 13.2. The Bertz CT molecular complexity index is 797. The second-order valence-corrected chi connectivity index (χ2v) is 8.15. The molecule has 2 aliphatic heterocycles. The molecule has 4 rings (SSSR count). The number of rotatable bonds is 0. The van der Waals surface area contributed by atoms with Crippen molar-refractivity contribution in [3.8, 4) is 0 Å². The molecular formula is C16H18N2O3S. The molecule has 2 bridgehead atoms. The number of para-hydroxylation sites is 1. The van der Waals surface area contributed by atoms with Crippen molar-refractivity contribution in [2.45, 2.75) is 18.2 Å². The molecule has 0 spiro atoms. The minimum Gasteiger partial charge on any atom is -0.380 e. The molecule has 5 nitrogen and oxygen atoms in total. The van der Waals surface area contributed by atoms with Crippen LogP contribution >= 0.6 is 0 Å². The Labute approximate surface area is 130 Å². The summed E-state index contributed by atoms with van der Waals surface area (Å²) < 4.78 is 27.4. The van der Waals surface area contributed by atoms with Crippen LogP contribution in [0.3, 0.4) is 0 Å². The number of nitrogens with one attached hydrogen (secondary N) is 1. The molecule has 0 saturated carbocycles. The van der Waals surface area contributed by atoms with E-state index in [1.165, 1.54) is 4.31 Å². The predicted octanol–water partition coefficient (Wildman–Crippen LogP) is 1.64. The van der Waals surface area contributed by atoms with E-state index in [-0.39, 0.29) is 17.6 Å². The van der Waals surface area contributed by atoms with Crippen molar-refractivity contribution < 1.29 is 13.2 Å². The molecule has 1 aromatic carbocycles. The number of carbonyl (C=O) groups excluding carboxylic acids is 1. The fourth-order valence-electron chi connectivity index (χ4n) is 3.90. The van der Waals surface area contributed by atoms with E-state index in [0.29, 0.717) is 30.2 Å². The van der Waals surface area contributed by atoms with Gasteiger partial charge in [0.25, 0.3) is 0 Å². The lowest BCUT2D eigenvalue weighted by Crippen LogP contribution is -2.40. The van der Waals surface area contributed by atoms with Gasteiger partial charge in [-0.2, -0.15) is 4.31 Å². The summed E-state index contributed by atoms with van der Waals surface area (Å²) in [6, 6.07) is 6.93. The SMILES string of the molecule is C[C@H]1C(=O)C2=C3CN(CC[C@H]31)S(=O)(=O)c1ccccc1NC2. The lowest BCUT2D eigenvalue weighted by atomic mass is 9.87. The van der Waals surface area contributed by atoms with Crippen molar-refractivity contribution in [3.05, 3.63) is 35.4 Å². The topological polar surface area (TPSA) is 66.5 Å². The van der Waals surface area contributed by atoms with E-state index in [2.05, 4.69) is 5.32 Å². The van der Waals surface area contributed by atoms with Crippen LogP contribution in [0.15, 0.2) is 40.3 Å². The largest absolute Gasteiger partial charge is 0.380 e. The molecule has 0 radical (unpaired) electrons. The molecule has 3 atom stereocenters. The van der Waals surface area contributed by atoms with Crippen LogP contribution in [0.5, 0.6) is 0 Å². The van der Waals surface area contributed by atoms with Gasteiger partial charge in [0.2, 0.25) is 10.0 Å². The number of piperidine rings is 1. The third-order valence-corrected chi connectivity index (χ3v) is 7.05. The number of carbonyl (C=O) groups is 1. The Morgan fingerprint density at radius 1 is 1.27 bits per heavy atom. The van der Waals surface area contributed by atoms with Gasteiger partial charge >= 0.3 is 0 Å². The number of fused-ring (bicyclic) bond motifs is 2. The third-order valence-electron chi connectivity index (χ3n) is 5.15. The maximum absolute atomic E-state index is 12.9. The van der Waals surface area contributed by atoms with E-state index >= 15 is 0 Å². The van der Waals surface area contributed by atoms with Gasteiger partial charge in [0.05, 0.1) is 5.69 Å². The Kier molecular flexibility index (Phi) is 2.96. The molecular weight excluding hydrogens is 300 g/mol. The summed E-state index contributed by atoms with van der Waals surface area (Å²) in [5, 5.41) is 3.17. The third kappa shape index (κ3) is 1.80. The van der Waals surface area contributed by atoms with E-state index in [0.717, 1.165) is 17.6 Å². The number of ketones is 1. The number of hydrogen-bond acceptors (Lipinski definition) is 4. The number of benzene rings is 1. The highest BCUT2D eigenvalue weighted by Gasteiger charge is 2.44. The quantitative estimate of drug-likeness (QED) is 0.790. The van der Waals surface area contributed by atoms with Gasteiger partial charge in [0.15, 0.2) is 5.78 Å². The first-order valence-corrected chi connectivity index (χ1v) is 9.03. The van der Waals surface area contributed by atoms with Crippen LogP contribution in [0.1, 0.15) is 13.3 Å². The molecule has 116 valence electrons. The van der Waals surface area contributed by atoms with Gasteiger partial charge < -0.3 is 5.32 Å². The van der Waals surface area contributed by atoms with Gasteiger partial charge in [0.1, 0.15) is 4.90 Å². The van der Waals surface area contributed by atoms with Crippen LogP contribution in [-0.2, 0) is 14.8 Å². The summed E-state index contributed by atoms with van der Waals surface area (Å²) in [7, 11) is -3.53. The Hall–Kier alpha value is -1.66. The van der Waals surface area contributed by atoms with Crippen molar-refractivity contribution in [3.63, 3.8) is 0 Å². The second kappa shape index (κ2) is 4.67. The molecule has 3 aliphatic rings. The summed E-state index contributed by atoms with van der Waals surface area (Å²) in [6.07, 6.45) is 0.729. The Morgan fingerprint density at radius 2 is 2.05 bits per heavy atom. The molecule has 1 saturated heterocycles. The van der Waals surface area contributed by atoms with Crippen LogP contribution in [0.4, 0.5) is 5.69 Å². The van der Waals surface area contributed by atoms with E-state index in [9.17, 15) is 13.2 Å². The van der Waals surface area contributed by atoms with Crippen molar-refractivity contribution in [1.29, 1.82) is 0 Å². The summed E-state index contributed by atoms with van der Waals surface area (Å²) in [5.74, 6) is 0.356. The van der Waals surface area contributed by atoms with Crippen molar-refractivity contribution >= 4 is 21.5 Å². The van der Waals surface area contributed by atoms with Gasteiger partial charge in [-0.05, 0) is 30.0 Å². The van der Waals surface area contributed by atoms with Crippen LogP contribution in [-0.4, -0.2) is 38.1 Å². The standard InChI is InChI=1S/C16H18N2O3S/c1-10-11-6-7-18-9-13(11)12(16(10)19)8-17-14-4-2-3-5-15(14)22(18,20)21/h2-5,10-11,17H,6-9H2,1H3/t10-,11+/m1/s1. The minimum absolute atomic E-state index is 0.0219. The van der Waals surface area contributed by atoms with E-state index in [4.69, 9.17) is 0 Å². The molecule has 1 fully saturated rings. The van der Waals surface area contributed by atoms with Gasteiger partial charge in [-0.25, -0.2) is 8.42 Å². The first kappa shape index (κ1) is 14.0. The zero-order valence-electron chi connectivity index (χ0n) is 12.4. The highest BCUT2D eigenvalue weighted by atomic mass is 32.2. The molecule has 1 aliphatic carbocycles. The smallest absolute Gasteiger partial charge is 0.245 e. The molecule has 1 N–H and O–H groups in total. The maximum atomic E-state index is 12.9. The maximum Gasteiger partial charge on any atom is 0.245 e. The second-order valence-electron chi connectivity index (χ2n) is 6.24. The molecule has 0 aromatic heterocycles. The fourth-order valence-corrected chi connectivity index (χ4v) is 5.50. The Balaban J connectivity index is 1.89. The predicted molar refractivity (Wildman–Crippen MR) is 83.0 cm³/mol. The molecule has 1 unspecified atom stereocenters. The molecule has 0 amide bonds. The lowest BCUT2D eigenvalue weighted by Gasteiger charge is -2.32. The fraction of sp³-hybridized carbons (Fsp3) is 0.438. The van der Waals surface area contributed by atoms with Crippen molar-refractivity contribution in [1.82, 2.24) is 4.31 Å². The average Bonchev–Trinajstić information content (AvgIpc) is 2.77. The van der Waals surface area contributed by atoms with Crippen molar-refractivity contribution in [2.75, 3.05) is 25.0 Å². The minimum atomic E-state index is -3.53. The van der Waals surface area contributed by atoms with E-state index in [1.54, 1.807) is 24.3 Å². The van der Waals surface area contributed by atoms with Crippen LogP contribution in [0.25, 0.3) is 0 Å². The summed E-state index contributed by atoms with van der Waals surface area (Å²) in [5.41, 5.74) is 2.38. The molecule has 1 aromatic rings. The molecule has 2 heterocycles. The molecule has 6 heteroatoms. The lowest BCUT2D eigenvalue weighted by molar-refractivity contribution is -0.118. The van der Waals surface area contributed by atoms with E-state index < -0.39 is 10.0 Å². The van der Waals surface area contributed by atoms with Gasteiger partial charge in [-0.15, -0.1) is 0 Å². The first-order valence-electron chi connectivity index (χ1n) is 7.59. The number of anilines is 1.